The third kappa shape index (κ3) is 10.3. The highest BCUT2D eigenvalue weighted by Crippen LogP contribution is 2.22. The molecule has 0 amide bonds. The van der Waals surface area contributed by atoms with Crippen molar-refractivity contribution in [3.05, 3.63) is 0 Å². The maximum atomic E-state index is 11.2. The summed E-state index contributed by atoms with van der Waals surface area (Å²) in [7, 11) is 0. The summed E-state index contributed by atoms with van der Waals surface area (Å²) in [4.78, 5) is 11.2. The van der Waals surface area contributed by atoms with Gasteiger partial charge in [0, 0.05) is 0 Å². The van der Waals surface area contributed by atoms with Crippen molar-refractivity contribution in [1.82, 2.24) is 0 Å². The second-order valence-electron chi connectivity index (χ2n) is 6.30. The van der Waals surface area contributed by atoms with Gasteiger partial charge in [-0.15, -0.1) is 0 Å². The van der Waals surface area contributed by atoms with Crippen molar-refractivity contribution in [3.8, 4) is 0 Å². The number of carboxylic acids is 1. The molecule has 1 N–H and O–H groups in total. The number of rotatable bonds is 14. The van der Waals surface area contributed by atoms with Crippen molar-refractivity contribution in [2.45, 2.75) is 97.8 Å². The summed E-state index contributed by atoms with van der Waals surface area (Å²) in [6, 6.07) is 0. The van der Waals surface area contributed by atoms with Gasteiger partial charge >= 0.3 is 5.97 Å². The molecule has 2 atom stereocenters. The first kappa shape index (κ1) is 19.5. The molecule has 0 fully saturated rings. The first-order valence-corrected chi connectivity index (χ1v) is 8.86. The zero-order chi connectivity index (χ0) is 15.2. The highest BCUT2D eigenvalue weighted by Gasteiger charge is 2.22. The fraction of sp³-hybridized carbons (Fsp3) is 0.944. The Bertz CT molecular complexity index is 225. The lowest BCUT2D eigenvalue weighted by Crippen LogP contribution is -2.21. The summed E-state index contributed by atoms with van der Waals surface area (Å²) in [5.74, 6) is -0.421. The predicted octanol–water partition coefficient (Wildman–Crippen LogP) is 6.04. The lowest BCUT2D eigenvalue weighted by molar-refractivity contribution is -0.143. The van der Waals surface area contributed by atoms with Crippen LogP contribution in [0.3, 0.4) is 0 Å². The van der Waals surface area contributed by atoms with Crippen LogP contribution in [-0.2, 0) is 4.79 Å². The average Bonchev–Trinajstić information content (AvgIpc) is 2.43. The van der Waals surface area contributed by atoms with Gasteiger partial charge in [-0.25, -0.2) is 0 Å². The van der Waals surface area contributed by atoms with Crippen LogP contribution in [0.15, 0.2) is 0 Å². The average molecular weight is 284 g/mol. The van der Waals surface area contributed by atoms with E-state index < -0.39 is 5.97 Å². The van der Waals surface area contributed by atoms with E-state index in [2.05, 4.69) is 20.8 Å². The number of carboxylic acid groups (broad SMARTS) is 1. The SMILES string of the molecule is CCCCCCCCCCCC[C@H](C(=O)O)[C@@H](C)CC. The Labute approximate surface area is 126 Å². The van der Waals surface area contributed by atoms with E-state index in [1.54, 1.807) is 0 Å². The number of carbonyl (C=O) groups is 1. The lowest BCUT2D eigenvalue weighted by Gasteiger charge is -2.18. The number of hydrogen-bond donors (Lipinski definition) is 1. The molecule has 2 heteroatoms. The Kier molecular flexibility index (Phi) is 13.1. The van der Waals surface area contributed by atoms with Gasteiger partial charge in [0.05, 0.1) is 5.92 Å². The van der Waals surface area contributed by atoms with Gasteiger partial charge in [-0.05, 0) is 12.3 Å². The normalized spacial score (nSPS) is 14.2. The van der Waals surface area contributed by atoms with Gasteiger partial charge in [0.2, 0.25) is 0 Å². The van der Waals surface area contributed by atoms with E-state index in [4.69, 9.17) is 0 Å². The van der Waals surface area contributed by atoms with Crippen LogP contribution in [0.25, 0.3) is 0 Å². The van der Waals surface area contributed by atoms with Crippen molar-refractivity contribution in [3.63, 3.8) is 0 Å². The van der Waals surface area contributed by atoms with Gasteiger partial charge in [-0.1, -0.05) is 91.4 Å². The van der Waals surface area contributed by atoms with Crippen LogP contribution in [-0.4, -0.2) is 11.1 Å². The van der Waals surface area contributed by atoms with Crippen LogP contribution >= 0.6 is 0 Å². The zero-order valence-corrected chi connectivity index (χ0v) is 14.0. The first-order valence-electron chi connectivity index (χ1n) is 8.86. The molecule has 120 valence electrons. The smallest absolute Gasteiger partial charge is 0.306 e. The van der Waals surface area contributed by atoms with Crippen molar-refractivity contribution < 1.29 is 9.90 Å². The molecule has 0 aromatic carbocycles. The van der Waals surface area contributed by atoms with Crippen LogP contribution in [0.5, 0.6) is 0 Å². The summed E-state index contributed by atoms with van der Waals surface area (Å²) in [6.45, 7) is 6.40. The van der Waals surface area contributed by atoms with Gasteiger partial charge < -0.3 is 5.11 Å². The minimum atomic E-state index is -0.602. The molecule has 0 aromatic heterocycles. The van der Waals surface area contributed by atoms with Gasteiger partial charge in [-0.3, -0.25) is 4.79 Å². The maximum absolute atomic E-state index is 11.2. The Hall–Kier alpha value is -0.530. The number of aliphatic carboxylic acids is 1. The van der Waals surface area contributed by atoms with E-state index in [0.717, 1.165) is 19.3 Å². The fourth-order valence-electron chi connectivity index (χ4n) is 2.79. The minimum absolute atomic E-state index is 0.131. The Morgan fingerprint density at radius 1 is 0.850 bits per heavy atom. The van der Waals surface area contributed by atoms with Crippen LogP contribution in [0.1, 0.15) is 97.8 Å². The van der Waals surface area contributed by atoms with Crippen molar-refractivity contribution in [2.75, 3.05) is 0 Å². The summed E-state index contributed by atoms with van der Waals surface area (Å²) < 4.78 is 0. The van der Waals surface area contributed by atoms with Crippen molar-refractivity contribution in [1.29, 1.82) is 0 Å². The lowest BCUT2D eigenvalue weighted by atomic mass is 9.87. The summed E-state index contributed by atoms with van der Waals surface area (Å²) in [5, 5.41) is 9.22. The van der Waals surface area contributed by atoms with Crippen molar-refractivity contribution in [2.24, 2.45) is 11.8 Å². The van der Waals surface area contributed by atoms with Gasteiger partial charge in [0.1, 0.15) is 0 Å². The monoisotopic (exact) mass is 284 g/mol. The highest BCUT2D eigenvalue weighted by molar-refractivity contribution is 5.70. The molecule has 0 rings (SSSR count). The van der Waals surface area contributed by atoms with E-state index in [1.165, 1.54) is 57.8 Å². The molecule has 2 nitrogen and oxygen atoms in total. The van der Waals surface area contributed by atoms with E-state index >= 15 is 0 Å². The minimum Gasteiger partial charge on any atom is -0.481 e. The number of hydrogen-bond acceptors (Lipinski definition) is 1. The molecular formula is C18H36O2. The standard InChI is InChI=1S/C18H36O2/c1-4-6-7-8-9-10-11-12-13-14-15-17(18(19)20)16(3)5-2/h16-17H,4-15H2,1-3H3,(H,19,20)/t16-,17-/m0/s1. The van der Waals surface area contributed by atoms with Crippen LogP contribution in [0, 0.1) is 11.8 Å². The summed E-state index contributed by atoms with van der Waals surface area (Å²) in [5.41, 5.74) is 0. The van der Waals surface area contributed by atoms with E-state index in [0.29, 0.717) is 5.92 Å². The molecule has 0 aliphatic carbocycles. The van der Waals surface area contributed by atoms with Gasteiger partial charge in [0.25, 0.3) is 0 Å². The van der Waals surface area contributed by atoms with Gasteiger partial charge in [-0.2, -0.15) is 0 Å². The predicted molar refractivity (Wildman–Crippen MR) is 87.0 cm³/mol. The molecular weight excluding hydrogens is 248 g/mol. The molecule has 0 heterocycles. The zero-order valence-electron chi connectivity index (χ0n) is 14.0. The van der Waals surface area contributed by atoms with E-state index in [-0.39, 0.29) is 5.92 Å². The maximum Gasteiger partial charge on any atom is 0.306 e. The Balaban J connectivity index is 3.44. The van der Waals surface area contributed by atoms with Crippen molar-refractivity contribution >= 4 is 5.97 Å². The fourth-order valence-corrected chi connectivity index (χ4v) is 2.79. The van der Waals surface area contributed by atoms with Crippen LogP contribution in [0.2, 0.25) is 0 Å². The topological polar surface area (TPSA) is 37.3 Å². The second kappa shape index (κ2) is 13.5. The molecule has 0 bridgehead atoms. The third-order valence-corrected chi connectivity index (χ3v) is 4.52. The molecule has 0 aromatic rings. The molecule has 0 saturated heterocycles. The summed E-state index contributed by atoms with van der Waals surface area (Å²) in [6.07, 6.45) is 14.9. The Morgan fingerprint density at radius 2 is 1.30 bits per heavy atom. The Morgan fingerprint density at radius 3 is 1.70 bits per heavy atom. The molecule has 0 unspecified atom stereocenters. The molecule has 0 aliphatic rings. The van der Waals surface area contributed by atoms with Crippen LogP contribution < -0.4 is 0 Å². The largest absolute Gasteiger partial charge is 0.481 e. The summed E-state index contributed by atoms with van der Waals surface area (Å²) >= 11 is 0. The quantitative estimate of drug-likeness (QED) is 0.394. The second-order valence-corrected chi connectivity index (χ2v) is 6.30. The van der Waals surface area contributed by atoms with E-state index in [9.17, 15) is 9.90 Å². The van der Waals surface area contributed by atoms with Gasteiger partial charge in [0.15, 0.2) is 0 Å². The molecule has 0 aliphatic heterocycles. The first-order chi connectivity index (χ1) is 9.63. The van der Waals surface area contributed by atoms with E-state index in [1.807, 2.05) is 0 Å². The molecule has 0 radical (unpaired) electrons. The molecule has 0 spiro atoms. The highest BCUT2D eigenvalue weighted by atomic mass is 16.4. The number of unbranched alkanes of at least 4 members (excludes halogenated alkanes) is 9. The van der Waals surface area contributed by atoms with Crippen LogP contribution in [0.4, 0.5) is 0 Å². The molecule has 0 saturated carbocycles. The third-order valence-electron chi connectivity index (χ3n) is 4.52. The molecule has 20 heavy (non-hydrogen) atoms.